The molecule has 15 heavy (non-hydrogen) atoms. The number of rotatable bonds is 3. The van der Waals surface area contributed by atoms with Gasteiger partial charge in [-0.3, -0.25) is 0 Å². The second-order valence-corrected chi connectivity index (χ2v) is 4.29. The molecule has 4 N–H and O–H groups in total. The molecule has 4 nitrogen and oxygen atoms in total. The molecule has 0 radical (unpaired) electrons. The largest absolute Gasteiger partial charge is 0.397 e. The number of aromatic nitrogens is 1. The molecule has 1 aliphatic carbocycles. The van der Waals surface area contributed by atoms with Gasteiger partial charge in [-0.15, -0.1) is 0 Å². The summed E-state index contributed by atoms with van der Waals surface area (Å²) in [4.78, 5) is 4.34. The molecule has 4 heteroatoms. The number of anilines is 2. The quantitative estimate of drug-likeness (QED) is 0.698. The van der Waals surface area contributed by atoms with Gasteiger partial charge in [-0.1, -0.05) is 0 Å². The Morgan fingerprint density at radius 1 is 1.53 bits per heavy atom. The van der Waals surface area contributed by atoms with Crippen molar-refractivity contribution in [1.29, 1.82) is 0 Å². The van der Waals surface area contributed by atoms with E-state index in [1.54, 1.807) is 0 Å². The van der Waals surface area contributed by atoms with Crippen molar-refractivity contribution in [3.05, 3.63) is 17.8 Å². The zero-order valence-electron chi connectivity index (χ0n) is 8.95. The van der Waals surface area contributed by atoms with Crippen LogP contribution >= 0.6 is 0 Å². The first kappa shape index (κ1) is 10.2. The normalized spacial score (nSPS) is 18.3. The maximum atomic E-state index is 9.31. The van der Waals surface area contributed by atoms with Gasteiger partial charge in [-0.05, 0) is 38.3 Å². The van der Waals surface area contributed by atoms with E-state index in [2.05, 4.69) is 10.3 Å². The number of aliphatic hydroxyl groups is 1. The lowest BCUT2D eigenvalue weighted by atomic mass is 9.77. The average Bonchev–Trinajstić information content (AvgIpc) is 2.17. The first-order valence-corrected chi connectivity index (χ1v) is 5.27. The Kier molecular flexibility index (Phi) is 2.52. The van der Waals surface area contributed by atoms with Gasteiger partial charge in [0.15, 0.2) is 0 Å². The molecule has 0 aromatic carbocycles. The molecular weight excluding hydrogens is 190 g/mol. The van der Waals surface area contributed by atoms with Gasteiger partial charge >= 0.3 is 0 Å². The lowest BCUT2D eigenvalue weighted by Gasteiger charge is -2.41. The summed E-state index contributed by atoms with van der Waals surface area (Å²) in [5.41, 5.74) is 7.08. The lowest BCUT2D eigenvalue weighted by Crippen LogP contribution is -2.48. The zero-order chi connectivity index (χ0) is 10.9. The van der Waals surface area contributed by atoms with Crippen molar-refractivity contribution in [3.8, 4) is 0 Å². The number of nitrogens with two attached hydrogens (primary N) is 1. The van der Waals surface area contributed by atoms with Crippen molar-refractivity contribution >= 4 is 11.5 Å². The molecule has 0 atom stereocenters. The van der Waals surface area contributed by atoms with Crippen LogP contribution in [0.25, 0.3) is 0 Å². The van der Waals surface area contributed by atoms with Gasteiger partial charge in [0, 0.05) is 0 Å². The molecule has 1 heterocycles. The van der Waals surface area contributed by atoms with Crippen molar-refractivity contribution < 1.29 is 5.11 Å². The van der Waals surface area contributed by atoms with E-state index in [1.807, 2.05) is 19.1 Å². The van der Waals surface area contributed by atoms with E-state index in [0.29, 0.717) is 5.69 Å². The molecule has 2 rings (SSSR count). The number of nitrogen functional groups attached to an aromatic ring is 1. The third-order valence-electron chi connectivity index (χ3n) is 3.13. The molecule has 1 aliphatic rings. The maximum Gasteiger partial charge on any atom is 0.126 e. The molecular formula is C11H17N3O. The van der Waals surface area contributed by atoms with Crippen LogP contribution in [0.1, 0.15) is 25.0 Å². The van der Waals surface area contributed by atoms with Crippen LogP contribution in [0.3, 0.4) is 0 Å². The Labute approximate surface area is 89.5 Å². The van der Waals surface area contributed by atoms with Gasteiger partial charge in [0.25, 0.3) is 0 Å². The van der Waals surface area contributed by atoms with Crippen LogP contribution in [-0.2, 0) is 0 Å². The van der Waals surface area contributed by atoms with Crippen LogP contribution in [0.5, 0.6) is 0 Å². The van der Waals surface area contributed by atoms with Crippen LogP contribution in [0.2, 0.25) is 0 Å². The van der Waals surface area contributed by atoms with Crippen LogP contribution in [0, 0.1) is 6.92 Å². The van der Waals surface area contributed by atoms with Crippen molar-refractivity contribution in [1.82, 2.24) is 4.98 Å². The summed E-state index contributed by atoms with van der Waals surface area (Å²) in [7, 11) is 0. The summed E-state index contributed by atoms with van der Waals surface area (Å²) in [5.74, 6) is 0.801. The summed E-state index contributed by atoms with van der Waals surface area (Å²) in [5, 5.41) is 12.6. The highest BCUT2D eigenvalue weighted by atomic mass is 16.3. The number of nitrogens with one attached hydrogen (secondary N) is 1. The Morgan fingerprint density at radius 3 is 2.73 bits per heavy atom. The molecule has 82 valence electrons. The van der Waals surface area contributed by atoms with Crippen LogP contribution < -0.4 is 11.1 Å². The molecule has 0 spiro atoms. The third kappa shape index (κ3) is 1.90. The van der Waals surface area contributed by atoms with E-state index >= 15 is 0 Å². The maximum absolute atomic E-state index is 9.31. The van der Waals surface area contributed by atoms with E-state index < -0.39 is 0 Å². The minimum Gasteiger partial charge on any atom is -0.397 e. The highest BCUT2D eigenvalue weighted by Crippen LogP contribution is 2.34. The average molecular weight is 207 g/mol. The van der Waals surface area contributed by atoms with Crippen molar-refractivity contribution in [3.63, 3.8) is 0 Å². The van der Waals surface area contributed by atoms with Crippen LogP contribution in [0.4, 0.5) is 11.5 Å². The van der Waals surface area contributed by atoms with Gasteiger partial charge < -0.3 is 16.2 Å². The standard InChI is InChI=1S/C11H17N3O/c1-8-9(12)3-4-10(13-8)14-11(7-15)5-2-6-11/h3-4,15H,2,5-7,12H2,1H3,(H,13,14). The van der Waals surface area contributed by atoms with Crippen molar-refractivity contribution in [2.45, 2.75) is 31.7 Å². The van der Waals surface area contributed by atoms with E-state index in [9.17, 15) is 5.11 Å². The number of aliphatic hydroxyl groups excluding tert-OH is 1. The minimum absolute atomic E-state index is 0.143. The van der Waals surface area contributed by atoms with Gasteiger partial charge in [0.2, 0.25) is 0 Å². The van der Waals surface area contributed by atoms with E-state index in [1.165, 1.54) is 6.42 Å². The fraction of sp³-hybridized carbons (Fsp3) is 0.545. The van der Waals surface area contributed by atoms with Crippen LogP contribution in [-0.4, -0.2) is 22.2 Å². The van der Waals surface area contributed by atoms with Crippen molar-refractivity contribution in [2.24, 2.45) is 0 Å². The van der Waals surface area contributed by atoms with Crippen LogP contribution in [0.15, 0.2) is 12.1 Å². The summed E-state index contributed by atoms with van der Waals surface area (Å²) >= 11 is 0. The molecule has 0 saturated heterocycles. The number of pyridine rings is 1. The molecule has 1 fully saturated rings. The molecule has 0 bridgehead atoms. The fourth-order valence-corrected chi connectivity index (χ4v) is 1.84. The Bertz CT molecular complexity index is 355. The number of hydrogen-bond acceptors (Lipinski definition) is 4. The smallest absolute Gasteiger partial charge is 0.126 e. The van der Waals surface area contributed by atoms with E-state index in [-0.39, 0.29) is 12.1 Å². The Hall–Kier alpha value is -1.29. The van der Waals surface area contributed by atoms with Gasteiger partial charge in [0.1, 0.15) is 5.82 Å². The highest BCUT2D eigenvalue weighted by Gasteiger charge is 2.36. The molecule has 0 unspecified atom stereocenters. The molecule has 1 saturated carbocycles. The van der Waals surface area contributed by atoms with Gasteiger partial charge in [-0.25, -0.2) is 4.98 Å². The van der Waals surface area contributed by atoms with E-state index in [0.717, 1.165) is 24.4 Å². The van der Waals surface area contributed by atoms with Gasteiger partial charge in [0.05, 0.1) is 23.5 Å². The molecule has 1 aromatic heterocycles. The second kappa shape index (κ2) is 3.70. The van der Waals surface area contributed by atoms with Gasteiger partial charge in [-0.2, -0.15) is 0 Å². The second-order valence-electron chi connectivity index (χ2n) is 4.29. The lowest BCUT2D eigenvalue weighted by molar-refractivity contribution is 0.144. The molecule has 1 aromatic rings. The topological polar surface area (TPSA) is 71.2 Å². The first-order valence-electron chi connectivity index (χ1n) is 5.27. The summed E-state index contributed by atoms with van der Waals surface area (Å²) < 4.78 is 0. The zero-order valence-corrected chi connectivity index (χ0v) is 8.95. The van der Waals surface area contributed by atoms with E-state index in [4.69, 9.17) is 5.73 Å². The fourth-order valence-electron chi connectivity index (χ4n) is 1.84. The first-order chi connectivity index (χ1) is 7.15. The highest BCUT2D eigenvalue weighted by molar-refractivity contribution is 5.50. The molecule has 0 aliphatic heterocycles. The predicted octanol–water partition coefficient (Wildman–Crippen LogP) is 1.30. The summed E-state index contributed by atoms with van der Waals surface area (Å²) in [6.07, 6.45) is 3.19. The monoisotopic (exact) mass is 207 g/mol. The Morgan fingerprint density at radius 2 is 2.27 bits per heavy atom. The third-order valence-corrected chi connectivity index (χ3v) is 3.13. The summed E-state index contributed by atoms with van der Waals surface area (Å²) in [6, 6.07) is 3.70. The number of nitrogens with zero attached hydrogens (tertiary/aromatic N) is 1. The number of aryl methyl sites for hydroxylation is 1. The Balaban J connectivity index is 2.13. The predicted molar refractivity (Wildman–Crippen MR) is 60.7 cm³/mol. The number of hydrogen-bond donors (Lipinski definition) is 3. The molecule has 0 amide bonds. The summed E-state index contributed by atoms with van der Waals surface area (Å²) in [6.45, 7) is 2.05. The van der Waals surface area contributed by atoms with Crippen molar-refractivity contribution in [2.75, 3.05) is 17.7 Å². The SMILES string of the molecule is Cc1nc(NC2(CO)CCC2)ccc1N. The minimum atomic E-state index is -0.143.